The number of carbonyl (C=O) groups excluding carboxylic acids is 1. The molecule has 0 bridgehead atoms. The Hall–Kier alpha value is -1.30. The average molecular weight is 258 g/mol. The molecule has 0 unspecified atom stereocenters. The Morgan fingerprint density at radius 3 is 2.33 bits per heavy atom. The van der Waals surface area contributed by atoms with Crippen molar-refractivity contribution < 1.29 is 10.0 Å². The SMILES string of the molecule is CCN(C)CCNC(=O)C(CC)(CC)C(N)=NO. The summed E-state index contributed by atoms with van der Waals surface area (Å²) in [5.74, 6) is -0.193. The van der Waals surface area contributed by atoms with E-state index in [0.717, 1.165) is 13.1 Å². The van der Waals surface area contributed by atoms with Gasteiger partial charge in [0.25, 0.3) is 0 Å². The molecule has 0 spiro atoms. The largest absolute Gasteiger partial charge is 0.409 e. The smallest absolute Gasteiger partial charge is 0.233 e. The summed E-state index contributed by atoms with van der Waals surface area (Å²) in [5, 5.41) is 14.7. The van der Waals surface area contributed by atoms with E-state index in [1.165, 1.54) is 0 Å². The van der Waals surface area contributed by atoms with Gasteiger partial charge >= 0.3 is 0 Å². The first-order valence-corrected chi connectivity index (χ1v) is 6.43. The highest BCUT2D eigenvalue weighted by atomic mass is 16.4. The van der Waals surface area contributed by atoms with E-state index >= 15 is 0 Å². The fourth-order valence-corrected chi connectivity index (χ4v) is 1.83. The highest BCUT2D eigenvalue weighted by Gasteiger charge is 2.39. The Kier molecular flexibility index (Phi) is 7.35. The van der Waals surface area contributed by atoms with Crippen molar-refractivity contribution in [2.45, 2.75) is 33.6 Å². The molecule has 0 heterocycles. The molecule has 0 aliphatic carbocycles. The normalized spacial score (nSPS) is 12.8. The van der Waals surface area contributed by atoms with Crippen molar-refractivity contribution in [2.24, 2.45) is 16.3 Å². The summed E-state index contributed by atoms with van der Waals surface area (Å²) in [4.78, 5) is 14.3. The van der Waals surface area contributed by atoms with E-state index in [4.69, 9.17) is 10.9 Å². The summed E-state index contributed by atoms with van der Waals surface area (Å²) < 4.78 is 0. The molecule has 6 heteroatoms. The third-order valence-corrected chi connectivity index (χ3v) is 3.56. The molecule has 6 nitrogen and oxygen atoms in total. The highest BCUT2D eigenvalue weighted by Crippen LogP contribution is 2.26. The Labute approximate surface area is 109 Å². The van der Waals surface area contributed by atoms with Crippen molar-refractivity contribution >= 4 is 11.7 Å². The van der Waals surface area contributed by atoms with Gasteiger partial charge < -0.3 is 21.2 Å². The molecule has 0 aliphatic rings. The first kappa shape index (κ1) is 16.7. The number of nitrogens with two attached hydrogens (primary N) is 1. The molecular weight excluding hydrogens is 232 g/mol. The van der Waals surface area contributed by atoms with Gasteiger partial charge in [-0.2, -0.15) is 0 Å². The summed E-state index contributed by atoms with van der Waals surface area (Å²) in [6.45, 7) is 8.05. The lowest BCUT2D eigenvalue weighted by Gasteiger charge is -2.29. The number of rotatable bonds is 8. The minimum Gasteiger partial charge on any atom is -0.409 e. The lowest BCUT2D eigenvalue weighted by atomic mass is 9.80. The molecule has 0 saturated heterocycles. The molecule has 0 fully saturated rings. The van der Waals surface area contributed by atoms with Crippen LogP contribution in [0.1, 0.15) is 33.6 Å². The zero-order valence-corrected chi connectivity index (χ0v) is 11.9. The van der Waals surface area contributed by atoms with Gasteiger partial charge in [0.1, 0.15) is 5.41 Å². The van der Waals surface area contributed by atoms with Crippen molar-refractivity contribution in [1.29, 1.82) is 0 Å². The second-order valence-electron chi connectivity index (χ2n) is 4.43. The van der Waals surface area contributed by atoms with E-state index < -0.39 is 5.41 Å². The van der Waals surface area contributed by atoms with Crippen LogP contribution in [0.3, 0.4) is 0 Å². The molecule has 0 radical (unpaired) electrons. The highest BCUT2D eigenvalue weighted by molar-refractivity contribution is 6.06. The maximum absolute atomic E-state index is 12.2. The van der Waals surface area contributed by atoms with E-state index in [9.17, 15) is 4.79 Å². The molecule has 0 saturated carbocycles. The Balaban J connectivity index is 4.60. The molecule has 0 aromatic heterocycles. The number of likely N-dealkylation sites (N-methyl/N-ethyl adjacent to an activating group) is 1. The third kappa shape index (κ3) is 3.87. The van der Waals surface area contributed by atoms with Crippen LogP contribution in [-0.2, 0) is 4.79 Å². The maximum atomic E-state index is 12.2. The summed E-state index contributed by atoms with van der Waals surface area (Å²) >= 11 is 0. The lowest BCUT2D eigenvalue weighted by Crippen LogP contribution is -2.50. The van der Waals surface area contributed by atoms with E-state index in [1.54, 1.807) is 0 Å². The number of hydrogen-bond acceptors (Lipinski definition) is 4. The fourth-order valence-electron chi connectivity index (χ4n) is 1.83. The molecule has 0 aromatic rings. The first-order valence-electron chi connectivity index (χ1n) is 6.43. The van der Waals surface area contributed by atoms with Crippen molar-refractivity contribution in [1.82, 2.24) is 10.2 Å². The standard InChI is InChI=1S/C12H26N4O2/c1-5-12(6-2,10(13)15-18)11(17)14-8-9-16(4)7-3/h18H,5-9H2,1-4H3,(H2,13,15)(H,14,17). The number of amides is 1. The Morgan fingerprint density at radius 1 is 1.39 bits per heavy atom. The van der Waals surface area contributed by atoms with Crippen LogP contribution in [0.2, 0.25) is 0 Å². The minimum atomic E-state index is -0.903. The van der Waals surface area contributed by atoms with Crippen LogP contribution in [0.5, 0.6) is 0 Å². The van der Waals surface area contributed by atoms with Crippen molar-refractivity contribution in [3.05, 3.63) is 0 Å². The first-order chi connectivity index (χ1) is 8.48. The van der Waals surface area contributed by atoms with Crippen molar-refractivity contribution in [3.63, 3.8) is 0 Å². The second-order valence-corrected chi connectivity index (χ2v) is 4.43. The second kappa shape index (κ2) is 7.92. The summed E-state index contributed by atoms with van der Waals surface area (Å²) in [5.41, 5.74) is 4.76. The maximum Gasteiger partial charge on any atom is 0.233 e. The minimum absolute atomic E-state index is 0.0196. The molecule has 18 heavy (non-hydrogen) atoms. The predicted molar refractivity (Wildman–Crippen MR) is 72.6 cm³/mol. The number of nitrogens with one attached hydrogen (secondary N) is 1. The fraction of sp³-hybridized carbons (Fsp3) is 0.833. The molecule has 1 amide bonds. The molecule has 0 atom stereocenters. The van der Waals surface area contributed by atoms with E-state index in [2.05, 4.69) is 22.3 Å². The topological polar surface area (TPSA) is 91.0 Å². The third-order valence-electron chi connectivity index (χ3n) is 3.56. The Morgan fingerprint density at radius 2 is 1.94 bits per heavy atom. The van der Waals surface area contributed by atoms with Gasteiger partial charge in [-0.05, 0) is 26.4 Å². The molecule has 0 aromatic carbocycles. The Bertz CT molecular complexity index is 288. The van der Waals surface area contributed by atoms with Crippen LogP contribution in [0.4, 0.5) is 0 Å². The van der Waals surface area contributed by atoms with Gasteiger partial charge in [-0.1, -0.05) is 25.9 Å². The number of nitrogens with zero attached hydrogens (tertiary/aromatic N) is 2. The summed E-state index contributed by atoms with van der Waals surface area (Å²) in [7, 11) is 1.99. The predicted octanol–water partition coefficient (Wildman–Crippen LogP) is 0.607. The van der Waals surface area contributed by atoms with Gasteiger partial charge in [0, 0.05) is 13.1 Å². The summed E-state index contributed by atoms with van der Waals surface area (Å²) in [6, 6.07) is 0. The van der Waals surface area contributed by atoms with Crippen LogP contribution in [0, 0.1) is 5.41 Å². The van der Waals surface area contributed by atoms with E-state index in [-0.39, 0.29) is 11.7 Å². The average Bonchev–Trinajstić information content (AvgIpc) is 2.40. The molecule has 4 N–H and O–H groups in total. The van der Waals surface area contributed by atoms with Crippen molar-refractivity contribution in [3.8, 4) is 0 Å². The molecular formula is C12H26N4O2. The van der Waals surface area contributed by atoms with Gasteiger partial charge in [-0.15, -0.1) is 0 Å². The monoisotopic (exact) mass is 258 g/mol. The van der Waals surface area contributed by atoms with Crippen LogP contribution in [-0.4, -0.2) is 48.5 Å². The number of oxime groups is 1. The molecule has 0 aliphatic heterocycles. The molecule has 0 rings (SSSR count). The quantitative estimate of drug-likeness (QED) is 0.257. The van der Waals surface area contributed by atoms with Crippen LogP contribution in [0.15, 0.2) is 5.16 Å². The van der Waals surface area contributed by atoms with E-state index in [1.807, 2.05) is 20.9 Å². The van der Waals surface area contributed by atoms with Crippen LogP contribution < -0.4 is 11.1 Å². The van der Waals surface area contributed by atoms with Gasteiger partial charge in [-0.25, -0.2) is 0 Å². The number of hydrogen-bond donors (Lipinski definition) is 3. The number of amidine groups is 1. The van der Waals surface area contributed by atoms with Gasteiger partial charge in [0.05, 0.1) is 0 Å². The zero-order valence-electron chi connectivity index (χ0n) is 11.9. The summed E-state index contributed by atoms with van der Waals surface area (Å²) in [6.07, 6.45) is 1.02. The number of carbonyl (C=O) groups is 1. The van der Waals surface area contributed by atoms with Crippen LogP contribution in [0.25, 0.3) is 0 Å². The van der Waals surface area contributed by atoms with Crippen LogP contribution >= 0.6 is 0 Å². The zero-order chi connectivity index (χ0) is 14.2. The lowest BCUT2D eigenvalue weighted by molar-refractivity contribution is -0.128. The van der Waals surface area contributed by atoms with Crippen molar-refractivity contribution in [2.75, 3.05) is 26.7 Å². The molecule has 106 valence electrons. The van der Waals surface area contributed by atoms with Gasteiger partial charge in [-0.3, -0.25) is 4.79 Å². The van der Waals surface area contributed by atoms with Gasteiger partial charge in [0.2, 0.25) is 5.91 Å². The van der Waals surface area contributed by atoms with E-state index in [0.29, 0.717) is 19.4 Å². The van der Waals surface area contributed by atoms with Gasteiger partial charge in [0.15, 0.2) is 5.84 Å².